The molecule has 0 aromatic carbocycles. The van der Waals surface area contributed by atoms with Crippen LogP contribution in [0.1, 0.15) is 39.0 Å². The fourth-order valence-electron chi connectivity index (χ4n) is 1.90. The van der Waals surface area contributed by atoms with E-state index in [1.807, 2.05) is 0 Å². The van der Waals surface area contributed by atoms with Crippen molar-refractivity contribution < 1.29 is 19.4 Å². The Hall–Kier alpha value is -1.32. The van der Waals surface area contributed by atoms with E-state index >= 15 is 0 Å². The van der Waals surface area contributed by atoms with Crippen molar-refractivity contribution in [3.8, 4) is 0 Å². The number of carbonyl (C=O) groups is 2. The summed E-state index contributed by atoms with van der Waals surface area (Å²) >= 11 is 0. The molecule has 0 saturated heterocycles. The molecule has 0 bridgehead atoms. The number of rotatable bonds is 4. The van der Waals surface area contributed by atoms with E-state index in [2.05, 4.69) is 4.74 Å². The molecule has 1 aliphatic carbocycles. The molecule has 0 radical (unpaired) electrons. The van der Waals surface area contributed by atoms with Crippen molar-refractivity contribution in [3.05, 3.63) is 11.8 Å². The van der Waals surface area contributed by atoms with Crippen LogP contribution in [0.25, 0.3) is 0 Å². The van der Waals surface area contributed by atoms with Crippen molar-refractivity contribution in [3.63, 3.8) is 0 Å². The van der Waals surface area contributed by atoms with E-state index in [9.17, 15) is 14.7 Å². The highest BCUT2D eigenvalue weighted by Crippen LogP contribution is 2.24. The first-order chi connectivity index (χ1) is 7.65. The summed E-state index contributed by atoms with van der Waals surface area (Å²) in [6.07, 6.45) is 5.97. The quantitative estimate of drug-likeness (QED) is 0.453. The zero-order valence-electron chi connectivity index (χ0n) is 9.57. The average molecular weight is 226 g/mol. The van der Waals surface area contributed by atoms with Gasteiger partial charge in [-0.1, -0.05) is 19.3 Å². The summed E-state index contributed by atoms with van der Waals surface area (Å²) in [5.74, 6) is -1.61. The van der Waals surface area contributed by atoms with Gasteiger partial charge in [0.05, 0.1) is 6.61 Å². The maximum absolute atomic E-state index is 11.7. The van der Waals surface area contributed by atoms with Gasteiger partial charge in [0.2, 0.25) is 5.76 Å². The summed E-state index contributed by atoms with van der Waals surface area (Å²) in [5, 5.41) is 9.32. The SMILES string of the molecule is CCOC(=O)/C(O)=C/C(=O)C1CCCCC1. The van der Waals surface area contributed by atoms with Gasteiger partial charge in [-0.3, -0.25) is 4.79 Å². The maximum Gasteiger partial charge on any atom is 0.373 e. The normalized spacial score (nSPS) is 18.2. The van der Waals surface area contributed by atoms with Crippen LogP contribution in [0.5, 0.6) is 0 Å². The van der Waals surface area contributed by atoms with E-state index in [-0.39, 0.29) is 18.3 Å². The van der Waals surface area contributed by atoms with E-state index < -0.39 is 11.7 Å². The Kier molecular flexibility index (Phi) is 5.02. The molecule has 1 aliphatic rings. The molecule has 4 nitrogen and oxygen atoms in total. The molecule has 0 aromatic rings. The highest BCUT2D eigenvalue weighted by molar-refractivity contribution is 5.99. The first-order valence-corrected chi connectivity index (χ1v) is 5.76. The highest BCUT2D eigenvalue weighted by Gasteiger charge is 2.21. The minimum absolute atomic E-state index is 0.0367. The monoisotopic (exact) mass is 226 g/mol. The van der Waals surface area contributed by atoms with Gasteiger partial charge < -0.3 is 9.84 Å². The number of ether oxygens (including phenoxy) is 1. The molecular formula is C12H18O4. The van der Waals surface area contributed by atoms with Crippen LogP contribution in [0, 0.1) is 5.92 Å². The van der Waals surface area contributed by atoms with Crippen LogP contribution in [0.15, 0.2) is 11.8 Å². The van der Waals surface area contributed by atoms with Crippen LogP contribution in [-0.4, -0.2) is 23.5 Å². The number of hydrogen-bond acceptors (Lipinski definition) is 4. The average Bonchev–Trinajstić information content (AvgIpc) is 2.30. The largest absolute Gasteiger partial charge is 0.502 e. The summed E-state index contributed by atoms with van der Waals surface area (Å²) in [5.41, 5.74) is 0. The fourth-order valence-corrected chi connectivity index (χ4v) is 1.90. The van der Waals surface area contributed by atoms with Crippen molar-refractivity contribution in [2.75, 3.05) is 6.61 Å². The van der Waals surface area contributed by atoms with E-state index in [1.54, 1.807) is 6.92 Å². The lowest BCUT2D eigenvalue weighted by atomic mass is 9.86. The molecule has 0 aromatic heterocycles. The van der Waals surface area contributed by atoms with Gasteiger partial charge in [-0.15, -0.1) is 0 Å². The van der Waals surface area contributed by atoms with Gasteiger partial charge in [0.15, 0.2) is 5.78 Å². The first kappa shape index (κ1) is 12.7. The second-order valence-electron chi connectivity index (χ2n) is 3.99. The van der Waals surface area contributed by atoms with Crippen LogP contribution in [0.4, 0.5) is 0 Å². The summed E-state index contributed by atoms with van der Waals surface area (Å²) in [4.78, 5) is 22.7. The van der Waals surface area contributed by atoms with Crippen LogP contribution in [0.3, 0.4) is 0 Å². The smallest absolute Gasteiger partial charge is 0.373 e. The zero-order chi connectivity index (χ0) is 12.0. The van der Waals surface area contributed by atoms with E-state index in [4.69, 9.17) is 0 Å². The van der Waals surface area contributed by atoms with Crippen molar-refractivity contribution in [1.82, 2.24) is 0 Å². The molecule has 0 spiro atoms. The minimum atomic E-state index is -0.827. The molecule has 1 saturated carbocycles. The number of carbonyl (C=O) groups excluding carboxylic acids is 2. The second-order valence-corrected chi connectivity index (χ2v) is 3.99. The zero-order valence-corrected chi connectivity index (χ0v) is 9.57. The Balaban J connectivity index is 2.53. The number of aliphatic hydroxyl groups excluding tert-OH is 1. The standard InChI is InChI=1S/C12H18O4/c1-2-16-12(15)11(14)8-10(13)9-6-4-3-5-7-9/h8-9,14H,2-7H2,1H3/b11-8-. The Morgan fingerprint density at radius 2 is 1.94 bits per heavy atom. The maximum atomic E-state index is 11.7. The third-order valence-corrected chi connectivity index (χ3v) is 2.77. The summed E-state index contributed by atoms with van der Waals surface area (Å²) in [6, 6.07) is 0. The lowest BCUT2D eigenvalue weighted by Crippen LogP contribution is -2.17. The number of hydrogen-bond donors (Lipinski definition) is 1. The van der Waals surface area contributed by atoms with Gasteiger partial charge in [0.25, 0.3) is 0 Å². The Morgan fingerprint density at radius 1 is 1.31 bits per heavy atom. The summed E-state index contributed by atoms with van der Waals surface area (Å²) in [6.45, 7) is 1.84. The first-order valence-electron chi connectivity index (χ1n) is 5.76. The van der Waals surface area contributed by atoms with Crippen LogP contribution in [-0.2, 0) is 14.3 Å². The number of allylic oxidation sites excluding steroid dienone is 1. The molecule has 1 N–H and O–H groups in total. The number of ketones is 1. The third kappa shape index (κ3) is 3.68. The van der Waals surface area contributed by atoms with Gasteiger partial charge in [-0.25, -0.2) is 4.79 Å². The Bertz CT molecular complexity index is 287. The van der Waals surface area contributed by atoms with Crippen molar-refractivity contribution in [2.24, 2.45) is 5.92 Å². The van der Waals surface area contributed by atoms with Crippen LogP contribution in [0.2, 0.25) is 0 Å². The molecule has 90 valence electrons. The van der Waals surface area contributed by atoms with Crippen molar-refractivity contribution >= 4 is 11.8 Å². The van der Waals surface area contributed by atoms with Gasteiger partial charge in [-0.05, 0) is 19.8 Å². The van der Waals surface area contributed by atoms with Crippen molar-refractivity contribution in [2.45, 2.75) is 39.0 Å². The summed E-state index contributed by atoms with van der Waals surface area (Å²) in [7, 11) is 0. The minimum Gasteiger partial charge on any atom is -0.502 e. The molecule has 0 unspecified atom stereocenters. The van der Waals surface area contributed by atoms with E-state index in [0.717, 1.165) is 38.2 Å². The molecule has 4 heteroatoms. The van der Waals surface area contributed by atoms with Gasteiger partial charge in [-0.2, -0.15) is 0 Å². The van der Waals surface area contributed by atoms with Gasteiger partial charge >= 0.3 is 5.97 Å². The van der Waals surface area contributed by atoms with Crippen molar-refractivity contribution in [1.29, 1.82) is 0 Å². The van der Waals surface area contributed by atoms with Gasteiger partial charge in [0.1, 0.15) is 0 Å². The molecule has 1 rings (SSSR count). The summed E-state index contributed by atoms with van der Waals surface area (Å²) < 4.78 is 4.58. The van der Waals surface area contributed by atoms with E-state index in [0.29, 0.717) is 0 Å². The Labute approximate surface area is 95.3 Å². The lowest BCUT2D eigenvalue weighted by Gasteiger charge is -2.18. The fraction of sp³-hybridized carbons (Fsp3) is 0.667. The molecule has 0 amide bonds. The third-order valence-electron chi connectivity index (χ3n) is 2.77. The molecule has 0 atom stereocenters. The molecule has 0 aliphatic heterocycles. The topological polar surface area (TPSA) is 63.6 Å². The molecule has 0 heterocycles. The number of aliphatic hydroxyl groups is 1. The molecule has 16 heavy (non-hydrogen) atoms. The van der Waals surface area contributed by atoms with E-state index in [1.165, 1.54) is 0 Å². The van der Waals surface area contributed by atoms with Gasteiger partial charge in [0, 0.05) is 12.0 Å². The second kappa shape index (κ2) is 6.30. The van der Waals surface area contributed by atoms with Crippen LogP contribution < -0.4 is 0 Å². The Morgan fingerprint density at radius 3 is 2.50 bits per heavy atom. The number of esters is 1. The molecule has 1 fully saturated rings. The predicted molar refractivity (Wildman–Crippen MR) is 58.9 cm³/mol. The highest BCUT2D eigenvalue weighted by atomic mass is 16.5. The molecular weight excluding hydrogens is 208 g/mol. The predicted octanol–water partition coefficient (Wildman–Crippen LogP) is 2.14. The lowest BCUT2D eigenvalue weighted by molar-refractivity contribution is -0.141. The van der Waals surface area contributed by atoms with Crippen LogP contribution >= 0.6 is 0 Å².